The second-order valence-electron chi connectivity index (χ2n) is 3.93. The molecule has 1 rings (SSSR count). The van der Waals surface area contributed by atoms with E-state index in [1.807, 2.05) is 0 Å². The number of amides is 4. The first-order valence-electron chi connectivity index (χ1n) is 5.36. The quantitative estimate of drug-likeness (QED) is 0.577. The Balaban J connectivity index is 2.80. The average Bonchev–Trinajstić information content (AvgIpc) is 2.21. The molecule has 1 aliphatic heterocycles. The van der Waals surface area contributed by atoms with Crippen LogP contribution in [-0.4, -0.2) is 34.6 Å². The summed E-state index contributed by atoms with van der Waals surface area (Å²) < 4.78 is 0. The number of carbonyl (C=O) groups is 4. The minimum Gasteiger partial charge on any atom is -0.370 e. The molecule has 0 aromatic carbocycles. The summed E-state index contributed by atoms with van der Waals surface area (Å²) in [6.07, 6.45) is 0.806. The highest BCUT2D eigenvalue weighted by Crippen LogP contribution is 2.18. The van der Waals surface area contributed by atoms with Gasteiger partial charge in [-0.3, -0.25) is 24.1 Å². The van der Waals surface area contributed by atoms with Crippen molar-refractivity contribution in [1.82, 2.24) is 4.90 Å². The van der Waals surface area contributed by atoms with Crippen LogP contribution in [-0.2, 0) is 19.2 Å². The Labute approximate surface area is 98.1 Å². The number of nitrogens with two attached hydrogens (primary N) is 2. The molecule has 7 nitrogen and oxygen atoms in total. The number of carbonyl (C=O) groups excluding carboxylic acids is 4. The van der Waals surface area contributed by atoms with E-state index in [0.717, 1.165) is 4.90 Å². The van der Waals surface area contributed by atoms with E-state index in [0.29, 0.717) is 6.42 Å². The van der Waals surface area contributed by atoms with E-state index in [1.165, 1.54) is 0 Å². The lowest BCUT2D eigenvalue weighted by atomic mass is 10.0. The van der Waals surface area contributed by atoms with Gasteiger partial charge in [-0.25, -0.2) is 0 Å². The molecule has 1 saturated heterocycles. The molecule has 0 aliphatic carbocycles. The molecule has 0 aromatic heterocycles. The Morgan fingerprint density at radius 3 is 2.12 bits per heavy atom. The number of hydrogen-bond acceptors (Lipinski definition) is 4. The van der Waals surface area contributed by atoms with Crippen LogP contribution < -0.4 is 11.5 Å². The fourth-order valence-corrected chi connectivity index (χ4v) is 1.80. The summed E-state index contributed by atoms with van der Waals surface area (Å²) in [5, 5.41) is 0. The Morgan fingerprint density at radius 2 is 1.71 bits per heavy atom. The van der Waals surface area contributed by atoms with E-state index >= 15 is 0 Å². The molecule has 0 aromatic rings. The van der Waals surface area contributed by atoms with Crippen LogP contribution in [0.3, 0.4) is 0 Å². The number of nitrogens with zero attached hydrogens (tertiary/aromatic N) is 1. The molecule has 94 valence electrons. The molecule has 4 amide bonds. The molecular formula is C10H15N3O4. The number of likely N-dealkylation sites (tertiary alicyclic amines) is 1. The minimum atomic E-state index is -1.07. The molecule has 0 radical (unpaired) electrons. The monoisotopic (exact) mass is 241 g/mol. The smallest absolute Gasteiger partial charge is 0.240 e. The normalized spacial score (nSPS) is 18.0. The lowest BCUT2D eigenvalue weighted by molar-refractivity contribution is -0.154. The lowest BCUT2D eigenvalue weighted by Gasteiger charge is -2.30. The van der Waals surface area contributed by atoms with Gasteiger partial charge in [0.1, 0.15) is 6.04 Å². The largest absolute Gasteiger partial charge is 0.370 e. The van der Waals surface area contributed by atoms with Crippen LogP contribution in [0, 0.1) is 0 Å². The molecule has 1 heterocycles. The number of piperidine rings is 1. The Bertz CT molecular complexity index is 351. The maximum Gasteiger partial charge on any atom is 0.240 e. The number of imide groups is 1. The third-order valence-corrected chi connectivity index (χ3v) is 2.62. The van der Waals surface area contributed by atoms with Crippen LogP contribution in [0.1, 0.15) is 32.1 Å². The third kappa shape index (κ3) is 3.27. The summed E-state index contributed by atoms with van der Waals surface area (Å²) in [5.74, 6) is -2.24. The summed E-state index contributed by atoms with van der Waals surface area (Å²) in [7, 11) is 0. The van der Waals surface area contributed by atoms with Gasteiger partial charge in [0.25, 0.3) is 0 Å². The van der Waals surface area contributed by atoms with Gasteiger partial charge in [-0.05, 0) is 12.8 Å². The molecule has 4 N–H and O–H groups in total. The third-order valence-electron chi connectivity index (χ3n) is 2.62. The fraction of sp³-hybridized carbons (Fsp3) is 0.600. The zero-order valence-corrected chi connectivity index (χ0v) is 9.35. The predicted octanol–water partition coefficient (Wildman–Crippen LogP) is -1.36. The van der Waals surface area contributed by atoms with Crippen LogP contribution >= 0.6 is 0 Å². The maximum atomic E-state index is 11.6. The van der Waals surface area contributed by atoms with Crippen molar-refractivity contribution in [2.24, 2.45) is 11.5 Å². The van der Waals surface area contributed by atoms with Gasteiger partial charge in [-0.15, -0.1) is 0 Å². The summed E-state index contributed by atoms with van der Waals surface area (Å²) in [5.41, 5.74) is 10.1. The standard InChI is InChI=1S/C10H15N3O4/c11-7(14)5-4-6(10(12)17)13-8(15)2-1-3-9(13)16/h6H,1-5H2,(H2,11,14)(H2,12,17). The van der Waals surface area contributed by atoms with Gasteiger partial charge in [0.15, 0.2) is 0 Å². The van der Waals surface area contributed by atoms with Gasteiger partial charge in [0.2, 0.25) is 23.6 Å². The fourth-order valence-electron chi connectivity index (χ4n) is 1.80. The summed E-state index contributed by atoms with van der Waals surface area (Å²) in [4.78, 5) is 45.9. The van der Waals surface area contributed by atoms with Crippen molar-refractivity contribution in [3.63, 3.8) is 0 Å². The number of hydrogen-bond donors (Lipinski definition) is 2. The van der Waals surface area contributed by atoms with Gasteiger partial charge in [-0.1, -0.05) is 0 Å². The molecule has 1 aliphatic rings. The van der Waals surface area contributed by atoms with Crippen LogP contribution in [0.4, 0.5) is 0 Å². The zero-order chi connectivity index (χ0) is 13.0. The van der Waals surface area contributed by atoms with E-state index < -0.39 is 29.7 Å². The SMILES string of the molecule is NC(=O)CCC(C(N)=O)N1C(=O)CCCC1=O. The molecule has 0 spiro atoms. The second-order valence-corrected chi connectivity index (χ2v) is 3.93. The molecule has 1 atom stereocenters. The highest BCUT2D eigenvalue weighted by Gasteiger charge is 2.35. The van der Waals surface area contributed by atoms with E-state index in [4.69, 9.17) is 11.5 Å². The number of primary amides is 2. The van der Waals surface area contributed by atoms with Gasteiger partial charge in [0.05, 0.1) is 0 Å². The van der Waals surface area contributed by atoms with E-state index in [-0.39, 0.29) is 25.7 Å². The van der Waals surface area contributed by atoms with Crippen LogP contribution in [0.5, 0.6) is 0 Å². The van der Waals surface area contributed by atoms with E-state index in [2.05, 4.69) is 0 Å². The highest BCUT2D eigenvalue weighted by molar-refractivity contribution is 6.01. The van der Waals surface area contributed by atoms with Crippen LogP contribution in [0.15, 0.2) is 0 Å². The van der Waals surface area contributed by atoms with E-state index in [9.17, 15) is 19.2 Å². The van der Waals surface area contributed by atoms with Crippen LogP contribution in [0.2, 0.25) is 0 Å². The van der Waals surface area contributed by atoms with Gasteiger partial charge in [0, 0.05) is 19.3 Å². The average molecular weight is 241 g/mol. The summed E-state index contributed by atoms with van der Waals surface area (Å²) >= 11 is 0. The second kappa shape index (κ2) is 5.42. The molecule has 0 saturated carbocycles. The Morgan fingerprint density at radius 1 is 1.18 bits per heavy atom. The molecule has 1 unspecified atom stereocenters. The first-order chi connectivity index (χ1) is 7.93. The van der Waals surface area contributed by atoms with Crippen LogP contribution in [0.25, 0.3) is 0 Å². The minimum absolute atomic E-state index is 0.0118. The van der Waals surface area contributed by atoms with Gasteiger partial charge < -0.3 is 11.5 Å². The van der Waals surface area contributed by atoms with Crippen molar-refractivity contribution in [1.29, 1.82) is 0 Å². The molecular weight excluding hydrogens is 226 g/mol. The van der Waals surface area contributed by atoms with Crippen molar-refractivity contribution in [3.05, 3.63) is 0 Å². The van der Waals surface area contributed by atoms with Crippen molar-refractivity contribution in [2.75, 3.05) is 0 Å². The molecule has 0 bridgehead atoms. The highest BCUT2D eigenvalue weighted by atomic mass is 16.2. The first-order valence-corrected chi connectivity index (χ1v) is 5.36. The molecule has 7 heteroatoms. The lowest BCUT2D eigenvalue weighted by Crippen LogP contribution is -2.52. The van der Waals surface area contributed by atoms with E-state index in [1.54, 1.807) is 0 Å². The van der Waals surface area contributed by atoms with Crippen molar-refractivity contribution < 1.29 is 19.2 Å². The van der Waals surface area contributed by atoms with Crippen molar-refractivity contribution in [2.45, 2.75) is 38.1 Å². The summed E-state index contributed by atoms with van der Waals surface area (Å²) in [6, 6.07) is -1.07. The maximum absolute atomic E-state index is 11.6. The Hall–Kier alpha value is -1.92. The number of rotatable bonds is 5. The van der Waals surface area contributed by atoms with Gasteiger partial charge >= 0.3 is 0 Å². The Kier molecular flexibility index (Phi) is 4.19. The topological polar surface area (TPSA) is 124 Å². The first kappa shape index (κ1) is 13.1. The zero-order valence-electron chi connectivity index (χ0n) is 9.35. The van der Waals surface area contributed by atoms with Crippen molar-refractivity contribution >= 4 is 23.6 Å². The van der Waals surface area contributed by atoms with Crippen molar-refractivity contribution in [3.8, 4) is 0 Å². The summed E-state index contributed by atoms with van der Waals surface area (Å²) in [6.45, 7) is 0. The molecule has 1 fully saturated rings. The predicted molar refractivity (Wildman–Crippen MR) is 57.1 cm³/mol. The van der Waals surface area contributed by atoms with Gasteiger partial charge in [-0.2, -0.15) is 0 Å². The molecule has 17 heavy (non-hydrogen) atoms.